The van der Waals surface area contributed by atoms with Crippen molar-refractivity contribution < 1.29 is 4.39 Å². The van der Waals surface area contributed by atoms with E-state index >= 15 is 0 Å². The molecule has 0 radical (unpaired) electrons. The lowest BCUT2D eigenvalue weighted by Gasteiger charge is -2.17. The van der Waals surface area contributed by atoms with Crippen LogP contribution < -0.4 is 4.90 Å². The van der Waals surface area contributed by atoms with Gasteiger partial charge in [0.1, 0.15) is 6.67 Å². The highest BCUT2D eigenvalue weighted by Gasteiger charge is 2.17. The number of nitrogens with zero attached hydrogens (tertiary/aromatic N) is 1. The molecule has 0 saturated carbocycles. The molecule has 1 heterocycles. The van der Waals surface area contributed by atoms with Crippen LogP contribution in [0.2, 0.25) is 0 Å². The van der Waals surface area contributed by atoms with Gasteiger partial charge in [-0.15, -0.1) is 0 Å². The number of halogens is 1. The predicted molar refractivity (Wildman–Crippen MR) is 53.1 cm³/mol. The molecular formula is C11H14FN. The van der Waals surface area contributed by atoms with Crippen molar-refractivity contribution in [1.29, 1.82) is 0 Å². The Morgan fingerprint density at radius 3 is 3.08 bits per heavy atom. The first-order valence-corrected chi connectivity index (χ1v) is 4.71. The molecule has 0 aliphatic carbocycles. The summed E-state index contributed by atoms with van der Waals surface area (Å²) < 4.78 is 12.2. The van der Waals surface area contributed by atoms with E-state index in [-0.39, 0.29) is 6.67 Å². The van der Waals surface area contributed by atoms with E-state index in [2.05, 4.69) is 30.0 Å². The third-order valence-electron chi connectivity index (χ3n) is 2.59. The van der Waals surface area contributed by atoms with Gasteiger partial charge in [0, 0.05) is 18.8 Å². The molecule has 0 aromatic heterocycles. The molecule has 2 heteroatoms. The Bertz CT molecular complexity index is 307. The molecule has 70 valence electrons. The van der Waals surface area contributed by atoms with Gasteiger partial charge in [-0.3, -0.25) is 0 Å². The van der Waals surface area contributed by atoms with Crippen LogP contribution in [0.4, 0.5) is 10.1 Å². The van der Waals surface area contributed by atoms with Crippen LogP contribution in [-0.2, 0) is 6.42 Å². The Balaban J connectivity index is 2.29. The summed E-state index contributed by atoms with van der Waals surface area (Å²) in [4.78, 5) is 2.13. The average molecular weight is 179 g/mol. The zero-order chi connectivity index (χ0) is 9.26. The zero-order valence-corrected chi connectivity index (χ0v) is 7.89. The van der Waals surface area contributed by atoms with Crippen molar-refractivity contribution in [2.24, 2.45) is 0 Å². The zero-order valence-electron chi connectivity index (χ0n) is 7.89. The molecule has 1 aliphatic heterocycles. The molecule has 0 N–H and O–H groups in total. The summed E-state index contributed by atoms with van der Waals surface area (Å²) in [5.74, 6) is 0. The van der Waals surface area contributed by atoms with E-state index in [1.807, 2.05) is 0 Å². The molecule has 1 aromatic rings. The maximum atomic E-state index is 12.2. The van der Waals surface area contributed by atoms with Gasteiger partial charge >= 0.3 is 0 Å². The van der Waals surface area contributed by atoms with Crippen LogP contribution in [0.1, 0.15) is 11.1 Å². The van der Waals surface area contributed by atoms with Crippen molar-refractivity contribution in [2.45, 2.75) is 13.3 Å². The number of rotatable bonds is 2. The van der Waals surface area contributed by atoms with Gasteiger partial charge in [0.15, 0.2) is 0 Å². The molecule has 1 aliphatic rings. The third-order valence-corrected chi connectivity index (χ3v) is 2.59. The maximum Gasteiger partial charge on any atom is 0.107 e. The van der Waals surface area contributed by atoms with E-state index in [0.717, 1.165) is 13.0 Å². The molecule has 13 heavy (non-hydrogen) atoms. The van der Waals surface area contributed by atoms with Gasteiger partial charge in [0.05, 0.1) is 0 Å². The summed E-state index contributed by atoms with van der Waals surface area (Å²) >= 11 is 0. The van der Waals surface area contributed by atoms with Crippen molar-refractivity contribution in [1.82, 2.24) is 0 Å². The number of alkyl halides is 1. The second-order valence-corrected chi connectivity index (χ2v) is 3.56. The van der Waals surface area contributed by atoms with Gasteiger partial charge < -0.3 is 4.90 Å². The van der Waals surface area contributed by atoms with Crippen LogP contribution in [0.25, 0.3) is 0 Å². The van der Waals surface area contributed by atoms with Crippen molar-refractivity contribution >= 4 is 5.69 Å². The Morgan fingerprint density at radius 1 is 1.46 bits per heavy atom. The predicted octanol–water partition coefficient (Wildman–Crippen LogP) is 2.33. The van der Waals surface area contributed by atoms with E-state index < -0.39 is 0 Å². The van der Waals surface area contributed by atoms with Crippen LogP contribution in [0, 0.1) is 6.92 Å². The van der Waals surface area contributed by atoms with Crippen LogP contribution in [-0.4, -0.2) is 19.8 Å². The minimum absolute atomic E-state index is 0.257. The number of anilines is 1. The Labute approximate surface area is 78.2 Å². The Hall–Kier alpha value is -1.05. The number of fused-ring (bicyclic) bond motifs is 1. The van der Waals surface area contributed by atoms with Gasteiger partial charge in [0.2, 0.25) is 0 Å². The highest BCUT2D eigenvalue weighted by atomic mass is 19.1. The van der Waals surface area contributed by atoms with Crippen molar-refractivity contribution in [3.63, 3.8) is 0 Å². The SMILES string of the molecule is Cc1ccc2c(c1)N(CCF)CC2. The van der Waals surface area contributed by atoms with Crippen molar-refractivity contribution in [2.75, 3.05) is 24.7 Å². The number of aryl methyl sites for hydroxylation is 1. The first kappa shape index (κ1) is 8.54. The Kier molecular flexibility index (Phi) is 2.21. The molecule has 0 spiro atoms. The molecule has 0 bridgehead atoms. The van der Waals surface area contributed by atoms with E-state index in [4.69, 9.17) is 0 Å². The van der Waals surface area contributed by atoms with Gasteiger partial charge in [0.25, 0.3) is 0 Å². The normalized spacial score (nSPS) is 14.8. The van der Waals surface area contributed by atoms with Gasteiger partial charge in [-0.05, 0) is 30.5 Å². The molecule has 1 aromatic carbocycles. The highest BCUT2D eigenvalue weighted by molar-refractivity contribution is 5.59. The van der Waals surface area contributed by atoms with E-state index in [0.29, 0.717) is 6.54 Å². The number of hydrogen-bond acceptors (Lipinski definition) is 1. The molecular weight excluding hydrogens is 165 g/mol. The highest BCUT2D eigenvalue weighted by Crippen LogP contribution is 2.28. The quantitative estimate of drug-likeness (QED) is 0.673. The minimum atomic E-state index is -0.257. The molecule has 0 unspecified atom stereocenters. The van der Waals surface area contributed by atoms with Crippen LogP contribution in [0.5, 0.6) is 0 Å². The molecule has 2 rings (SSSR count). The second kappa shape index (κ2) is 3.36. The molecule has 0 atom stereocenters. The summed E-state index contributed by atoms with van der Waals surface area (Å²) in [6.45, 7) is 3.33. The minimum Gasteiger partial charge on any atom is -0.368 e. The lowest BCUT2D eigenvalue weighted by Crippen LogP contribution is -2.22. The van der Waals surface area contributed by atoms with Crippen LogP contribution in [0.15, 0.2) is 18.2 Å². The van der Waals surface area contributed by atoms with Gasteiger partial charge in [-0.25, -0.2) is 4.39 Å². The van der Waals surface area contributed by atoms with Crippen molar-refractivity contribution in [3.05, 3.63) is 29.3 Å². The standard InChI is InChI=1S/C11H14FN/c1-9-2-3-10-4-6-13(7-5-12)11(10)8-9/h2-3,8H,4-7H2,1H3. The fourth-order valence-electron chi connectivity index (χ4n) is 1.89. The first-order valence-electron chi connectivity index (χ1n) is 4.71. The topological polar surface area (TPSA) is 3.24 Å². The van der Waals surface area contributed by atoms with E-state index in [1.54, 1.807) is 0 Å². The summed E-state index contributed by atoms with van der Waals surface area (Å²) in [6, 6.07) is 6.43. The smallest absolute Gasteiger partial charge is 0.107 e. The molecule has 0 amide bonds. The average Bonchev–Trinajstić information content (AvgIpc) is 2.49. The lowest BCUT2D eigenvalue weighted by atomic mass is 10.1. The summed E-state index contributed by atoms with van der Waals surface area (Å²) in [5.41, 5.74) is 3.85. The lowest BCUT2D eigenvalue weighted by molar-refractivity contribution is 0.493. The second-order valence-electron chi connectivity index (χ2n) is 3.56. The molecule has 1 nitrogen and oxygen atoms in total. The van der Waals surface area contributed by atoms with E-state index in [9.17, 15) is 4.39 Å². The first-order chi connectivity index (χ1) is 6.31. The number of benzene rings is 1. The van der Waals surface area contributed by atoms with Gasteiger partial charge in [-0.1, -0.05) is 12.1 Å². The number of hydrogen-bond donors (Lipinski definition) is 0. The Morgan fingerprint density at radius 2 is 2.31 bits per heavy atom. The molecule has 0 fully saturated rings. The largest absolute Gasteiger partial charge is 0.368 e. The fraction of sp³-hybridized carbons (Fsp3) is 0.455. The van der Waals surface area contributed by atoms with Crippen molar-refractivity contribution in [3.8, 4) is 0 Å². The van der Waals surface area contributed by atoms with Crippen LogP contribution in [0.3, 0.4) is 0 Å². The third kappa shape index (κ3) is 1.53. The van der Waals surface area contributed by atoms with Crippen LogP contribution >= 0.6 is 0 Å². The summed E-state index contributed by atoms with van der Waals surface area (Å²) in [6.07, 6.45) is 1.07. The van der Waals surface area contributed by atoms with E-state index in [1.165, 1.54) is 16.8 Å². The van der Waals surface area contributed by atoms with Gasteiger partial charge in [-0.2, -0.15) is 0 Å². The summed E-state index contributed by atoms with van der Waals surface area (Å²) in [7, 11) is 0. The summed E-state index contributed by atoms with van der Waals surface area (Å²) in [5, 5.41) is 0. The monoisotopic (exact) mass is 179 g/mol. The molecule has 0 saturated heterocycles. The fourth-order valence-corrected chi connectivity index (χ4v) is 1.89. The maximum absolute atomic E-state index is 12.2.